The second-order valence-electron chi connectivity index (χ2n) is 7.48. The van der Waals surface area contributed by atoms with Crippen LogP contribution in [0.5, 0.6) is 0 Å². The Labute approximate surface area is 130 Å². The summed E-state index contributed by atoms with van der Waals surface area (Å²) in [5.74, 6) is 0. The third-order valence-corrected chi connectivity index (χ3v) is 5.07. The molecule has 0 spiro atoms. The molecule has 21 heavy (non-hydrogen) atoms. The summed E-state index contributed by atoms with van der Waals surface area (Å²) in [5, 5.41) is 3.71. The van der Waals surface area contributed by atoms with Crippen molar-refractivity contribution in [3.63, 3.8) is 0 Å². The van der Waals surface area contributed by atoms with E-state index in [2.05, 4.69) is 69.2 Å². The van der Waals surface area contributed by atoms with E-state index in [-0.39, 0.29) is 0 Å². The topological polar surface area (TPSA) is 15.3 Å². The molecule has 1 aromatic carbocycles. The minimum absolute atomic E-state index is 0.469. The third kappa shape index (κ3) is 4.31. The fraction of sp³-hybridized carbons (Fsp3) is 0.684. The molecule has 118 valence electrons. The lowest BCUT2D eigenvalue weighted by Crippen LogP contribution is -2.53. The molecule has 0 aliphatic heterocycles. The van der Waals surface area contributed by atoms with Crippen LogP contribution in [0.1, 0.15) is 51.2 Å². The summed E-state index contributed by atoms with van der Waals surface area (Å²) < 4.78 is 0. The van der Waals surface area contributed by atoms with E-state index in [9.17, 15) is 0 Å². The van der Waals surface area contributed by atoms with Crippen LogP contribution in [0.2, 0.25) is 0 Å². The molecule has 1 aliphatic carbocycles. The Bertz CT molecular complexity index is 453. The smallest absolute Gasteiger partial charge is 0.0254 e. The van der Waals surface area contributed by atoms with Gasteiger partial charge in [0.1, 0.15) is 0 Å². The van der Waals surface area contributed by atoms with Crippen LogP contribution in [-0.2, 0) is 6.54 Å². The van der Waals surface area contributed by atoms with Crippen molar-refractivity contribution in [3.05, 3.63) is 35.4 Å². The Morgan fingerprint density at radius 3 is 2.67 bits per heavy atom. The predicted molar refractivity (Wildman–Crippen MR) is 91.5 cm³/mol. The molecule has 2 nitrogen and oxygen atoms in total. The predicted octanol–water partition coefficient (Wildman–Crippen LogP) is 3.98. The number of nitrogens with one attached hydrogen (secondary N) is 1. The van der Waals surface area contributed by atoms with Gasteiger partial charge < -0.3 is 5.32 Å². The van der Waals surface area contributed by atoms with Crippen LogP contribution < -0.4 is 5.32 Å². The second kappa shape index (κ2) is 6.93. The first-order valence-electron chi connectivity index (χ1n) is 8.41. The minimum atomic E-state index is 0.469. The van der Waals surface area contributed by atoms with Gasteiger partial charge in [-0.15, -0.1) is 0 Å². The number of nitrogens with zero attached hydrogens (tertiary/aromatic N) is 1. The van der Waals surface area contributed by atoms with Crippen LogP contribution in [-0.4, -0.2) is 30.6 Å². The summed E-state index contributed by atoms with van der Waals surface area (Å²) >= 11 is 0. The Hall–Kier alpha value is -0.860. The maximum absolute atomic E-state index is 3.71. The van der Waals surface area contributed by atoms with Crippen molar-refractivity contribution < 1.29 is 0 Å². The van der Waals surface area contributed by atoms with Gasteiger partial charge in [-0.05, 0) is 56.3 Å². The molecule has 2 atom stereocenters. The van der Waals surface area contributed by atoms with Crippen molar-refractivity contribution in [1.82, 2.24) is 10.2 Å². The zero-order valence-electron chi connectivity index (χ0n) is 14.4. The van der Waals surface area contributed by atoms with Crippen LogP contribution in [0.4, 0.5) is 0 Å². The standard InChI is InChI=1S/C19H32N2/c1-6-20-17-11-12-19(3,4)13-18(17)21(5)14-16-10-8-7-9-15(16)2/h7-10,17-18,20H,6,11-14H2,1-5H3. The maximum Gasteiger partial charge on any atom is 0.0254 e. The van der Waals surface area contributed by atoms with E-state index >= 15 is 0 Å². The van der Waals surface area contributed by atoms with Gasteiger partial charge in [-0.2, -0.15) is 0 Å². The molecule has 2 rings (SSSR count). The van der Waals surface area contributed by atoms with E-state index < -0.39 is 0 Å². The molecule has 0 heterocycles. The molecule has 1 aromatic rings. The number of hydrogen-bond acceptors (Lipinski definition) is 2. The molecule has 1 fully saturated rings. The van der Waals surface area contributed by atoms with Gasteiger partial charge in [-0.3, -0.25) is 4.90 Å². The monoisotopic (exact) mass is 288 g/mol. The summed E-state index contributed by atoms with van der Waals surface area (Å²) in [5.41, 5.74) is 3.33. The lowest BCUT2D eigenvalue weighted by Gasteiger charge is -2.45. The van der Waals surface area contributed by atoms with Crippen molar-refractivity contribution in [2.45, 2.75) is 65.6 Å². The Kier molecular flexibility index (Phi) is 5.45. The molecule has 0 bridgehead atoms. The van der Waals surface area contributed by atoms with Gasteiger partial charge >= 0.3 is 0 Å². The average Bonchev–Trinajstić information content (AvgIpc) is 2.43. The van der Waals surface area contributed by atoms with E-state index in [0.717, 1.165) is 13.1 Å². The molecule has 2 heteroatoms. The van der Waals surface area contributed by atoms with Crippen LogP contribution in [0.15, 0.2) is 24.3 Å². The summed E-state index contributed by atoms with van der Waals surface area (Å²) in [6, 6.07) is 10.0. The van der Waals surface area contributed by atoms with Crippen molar-refractivity contribution >= 4 is 0 Å². The van der Waals surface area contributed by atoms with E-state index in [1.54, 1.807) is 0 Å². The zero-order valence-corrected chi connectivity index (χ0v) is 14.4. The Balaban J connectivity index is 2.10. The highest BCUT2D eigenvalue weighted by Crippen LogP contribution is 2.37. The van der Waals surface area contributed by atoms with E-state index in [4.69, 9.17) is 0 Å². The quantitative estimate of drug-likeness (QED) is 0.881. The molecule has 2 unspecified atom stereocenters. The van der Waals surface area contributed by atoms with E-state index in [0.29, 0.717) is 17.5 Å². The SMILES string of the molecule is CCNC1CCC(C)(C)CC1N(C)Cc1ccccc1C. The molecule has 1 saturated carbocycles. The van der Waals surface area contributed by atoms with Crippen LogP contribution in [0.3, 0.4) is 0 Å². The highest BCUT2D eigenvalue weighted by Gasteiger charge is 2.36. The fourth-order valence-electron chi connectivity index (χ4n) is 3.69. The number of hydrogen-bond donors (Lipinski definition) is 1. The number of benzene rings is 1. The van der Waals surface area contributed by atoms with Gasteiger partial charge in [0.15, 0.2) is 0 Å². The molecular weight excluding hydrogens is 256 g/mol. The normalized spacial score (nSPS) is 25.2. The highest BCUT2D eigenvalue weighted by atomic mass is 15.2. The summed E-state index contributed by atoms with van der Waals surface area (Å²) in [7, 11) is 2.29. The first-order chi connectivity index (χ1) is 9.93. The maximum atomic E-state index is 3.71. The van der Waals surface area contributed by atoms with E-state index in [1.165, 1.54) is 30.4 Å². The van der Waals surface area contributed by atoms with Crippen molar-refractivity contribution in [2.24, 2.45) is 5.41 Å². The van der Waals surface area contributed by atoms with Crippen molar-refractivity contribution in [2.75, 3.05) is 13.6 Å². The van der Waals surface area contributed by atoms with Gasteiger partial charge in [0.2, 0.25) is 0 Å². The van der Waals surface area contributed by atoms with Crippen molar-refractivity contribution in [1.29, 1.82) is 0 Å². The molecule has 1 N–H and O–H groups in total. The largest absolute Gasteiger partial charge is 0.313 e. The molecular formula is C19H32N2. The lowest BCUT2D eigenvalue weighted by molar-refractivity contribution is 0.0780. The molecule has 0 amide bonds. The average molecular weight is 288 g/mol. The second-order valence-corrected chi connectivity index (χ2v) is 7.48. The molecule has 0 aromatic heterocycles. The summed E-state index contributed by atoms with van der Waals surface area (Å²) in [4.78, 5) is 2.57. The van der Waals surface area contributed by atoms with Crippen LogP contribution >= 0.6 is 0 Å². The minimum Gasteiger partial charge on any atom is -0.313 e. The van der Waals surface area contributed by atoms with Gasteiger partial charge in [-0.1, -0.05) is 45.0 Å². The van der Waals surface area contributed by atoms with E-state index in [1.807, 2.05) is 0 Å². The number of aryl methyl sites for hydroxylation is 1. The van der Waals surface area contributed by atoms with Gasteiger partial charge in [0, 0.05) is 18.6 Å². The summed E-state index contributed by atoms with van der Waals surface area (Å²) in [6.07, 6.45) is 3.91. The van der Waals surface area contributed by atoms with Gasteiger partial charge in [0.05, 0.1) is 0 Å². The Morgan fingerprint density at radius 2 is 2.00 bits per heavy atom. The number of likely N-dealkylation sites (N-methyl/N-ethyl adjacent to an activating group) is 2. The number of rotatable bonds is 5. The molecule has 1 aliphatic rings. The summed E-state index contributed by atoms with van der Waals surface area (Å²) in [6.45, 7) is 11.4. The van der Waals surface area contributed by atoms with Gasteiger partial charge in [0.25, 0.3) is 0 Å². The highest BCUT2D eigenvalue weighted by molar-refractivity contribution is 5.25. The first kappa shape index (κ1) is 16.5. The van der Waals surface area contributed by atoms with Crippen LogP contribution in [0.25, 0.3) is 0 Å². The molecule has 0 radical (unpaired) electrons. The molecule has 0 saturated heterocycles. The fourth-order valence-corrected chi connectivity index (χ4v) is 3.69. The third-order valence-electron chi connectivity index (χ3n) is 5.07. The van der Waals surface area contributed by atoms with Gasteiger partial charge in [-0.25, -0.2) is 0 Å². The zero-order chi connectivity index (χ0) is 15.5. The van der Waals surface area contributed by atoms with Crippen molar-refractivity contribution in [3.8, 4) is 0 Å². The lowest BCUT2D eigenvalue weighted by atomic mass is 9.72. The van der Waals surface area contributed by atoms with Crippen LogP contribution in [0, 0.1) is 12.3 Å². The Morgan fingerprint density at radius 1 is 1.29 bits per heavy atom. The first-order valence-corrected chi connectivity index (χ1v) is 8.41.